The van der Waals surface area contributed by atoms with Crippen molar-refractivity contribution in [3.05, 3.63) is 39.4 Å². The summed E-state index contributed by atoms with van der Waals surface area (Å²) in [5, 5.41) is -0.475. The molecule has 1 aliphatic rings. The number of allylic oxidation sites excluding steroid dienone is 2. The van der Waals surface area contributed by atoms with Crippen LogP contribution in [0.5, 0.6) is 5.75 Å². The molecule has 3 nitrogen and oxygen atoms in total. The van der Waals surface area contributed by atoms with Crippen LogP contribution in [0, 0.1) is 0 Å². The number of fused-ring (bicyclic) bond motifs is 1. The van der Waals surface area contributed by atoms with Crippen LogP contribution < -0.4 is 4.74 Å². The molecule has 1 aliphatic carbocycles. The Labute approximate surface area is 102 Å². The molecule has 0 fully saturated rings. The van der Waals surface area contributed by atoms with E-state index in [0.29, 0.717) is 5.75 Å². The van der Waals surface area contributed by atoms with Gasteiger partial charge in [-0.1, -0.05) is 23.2 Å². The summed E-state index contributed by atoms with van der Waals surface area (Å²) in [5.41, 5.74) is 0.471. The standard InChI is InChI=1S/C11H6Cl2O3/c1-16-5-2-3-6-7(4-5)11(15)9(13)8(12)10(6)14/h2-4H,1H3. The molecule has 2 rings (SSSR count). The molecule has 5 heteroatoms. The second-order valence-electron chi connectivity index (χ2n) is 3.20. The smallest absolute Gasteiger partial charge is 0.206 e. The van der Waals surface area contributed by atoms with E-state index >= 15 is 0 Å². The van der Waals surface area contributed by atoms with Crippen molar-refractivity contribution in [3.8, 4) is 5.75 Å². The fourth-order valence-corrected chi connectivity index (χ4v) is 1.85. The number of carbonyl (C=O) groups is 2. The van der Waals surface area contributed by atoms with E-state index in [1.165, 1.54) is 19.2 Å². The molecule has 0 spiro atoms. The van der Waals surface area contributed by atoms with Gasteiger partial charge >= 0.3 is 0 Å². The summed E-state index contributed by atoms with van der Waals surface area (Å²) in [6, 6.07) is 4.56. The number of halogens is 2. The number of Topliss-reactive ketones (excluding diaryl/α,β-unsaturated/α-hetero) is 2. The van der Waals surface area contributed by atoms with Gasteiger partial charge in [-0.05, 0) is 18.2 Å². The van der Waals surface area contributed by atoms with Crippen LogP contribution in [0.1, 0.15) is 20.7 Å². The van der Waals surface area contributed by atoms with Crippen LogP contribution in [0.3, 0.4) is 0 Å². The molecule has 16 heavy (non-hydrogen) atoms. The number of carbonyl (C=O) groups excluding carboxylic acids is 2. The summed E-state index contributed by atoms with van der Waals surface area (Å²) in [6.07, 6.45) is 0. The number of rotatable bonds is 1. The summed E-state index contributed by atoms with van der Waals surface area (Å²) in [7, 11) is 1.47. The van der Waals surface area contributed by atoms with Gasteiger partial charge in [0.05, 0.1) is 7.11 Å². The van der Waals surface area contributed by atoms with Crippen molar-refractivity contribution in [2.24, 2.45) is 0 Å². The summed E-state index contributed by atoms with van der Waals surface area (Å²) >= 11 is 11.3. The van der Waals surface area contributed by atoms with E-state index in [4.69, 9.17) is 27.9 Å². The van der Waals surface area contributed by atoms with Crippen molar-refractivity contribution in [2.75, 3.05) is 7.11 Å². The van der Waals surface area contributed by atoms with Gasteiger partial charge in [0, 0.05) is 11.1 Å². The zero-order chi connectivity index (χ0) is 11.9. The number of methoxy groups -OCH3 is 1. The summed E-state index contributed by atoms with van der Waals surface area (Å²) in [5.74, 6) is -0.411. The SMILES string of the molecule is COc1ccc2c(c1)C(=O)C(Cl)=C(Cl)C2=O. The molecule has 0 atom stereocenters. The highest BCUT2D eigenvalue weighted by atomic mass is 35.5. The highest BCUT2D eigenvalue weighted by molar-refractivity contribution is 6.59. The molecular formula is C11H6Cl2O3. The lowest BCUT2D eigenvalue weighted by Crippen LogP contribution is -2.17. The molecule has 0 amide bonds. The lowest BCUT2D eigenvalue weighted by Gasteiger charge is -2.14. The van der Waals surface area contributed by atoms with Gasteiger partial charge in [0.1, 0.15) is 15.8 Å². The lowest BCUT2D eigenvalue weighted by molar-refractivity contribution is 0.0986. The van der Waals surface area contributed by atoms with Gasteiger partial charge in [0.25, 0.3) is 0 Å². The number of hydrogen-bond acceptors (Lipinski definition) is 3. The molecule has 0 N–H and O–H groups in total. The Morgan fingerprint density at radius 2 is 1.56 bits per heavy atom. The summed E-state index contributed by atoms with van der Waals surface area (Å²) in [6.45, 7) is 0. The van der Waals surface area contributed by atoms with E-state index in [1.807, 2.05) is 0 Å². The van der Waals surface area contributed by atoms with E-state index in [0.717, 1.165) is 0 Å². The third-order valence-electron chi connectivity index (χ3n) is 2.31. The average Bonchev–Trinajstić information content (AvgIpc) is 2.33. The van der Waals surface area contributed by atoms with E-state index in [1.54, 1.807) is 6.07 Å². The highest BCUT2D eigenvalue weighted by Gasteiger charge is 2.30. The topological polar surface area (TPSA) is 43.4 Å². The predicted octanol–water partition coefficient (Wildman–Crippen LogP) is 2.76. The van der Waals surface area contributed by atoms with Gasteiger partial charge in [0.2, 0.25) is 11.6 Å². The van der Waals surface area contributed by atoms with Gasteiger partial charge in [-0.15, -0.1) is 0 Å². The van der Waals surface area contributed by atoms with E-state index in [2.05, 4.69) is 0 Å². The molecular weight excluding hydrogens is 251 g/mol. The Hall–Kier alpha value is -1.32. The van der Waals surface area contributed by atoms with Crippen LogP contribution in [-0.4, -0.2) is 18.7 Å². The minimum absolute atomic E-state index is 0.221. The molecule has 0 radical (unpaired) electrons. The first-order chi connectivity index (χ1) is 7.56. The molecule has 1 aromatic carbocycles. The van der Waals surface area contributed by atoms with Gasteiger partial charge in [0.15, 0.2) is 0 Å². The monoisotopic (exact) mass is 256 g/mol. The number of ether oxygens (including phenoxy) is 1. The minimum Gasteiger partial charge on any atom is -0.497 e. The Morgan fingerprint density at radius 3 is 2.12 bits per heavy atom. The van der Waals surface area contributed by atoms with Crippen LogP contribution in [0.25, 0.3) is 0 Å². The van der Waals surface area contributed by atoms with Crippen molar-refractivity contribution < 1.29 is 14.3 Å². The molecule has 82 valence electrons. The number of ketones is 2. The van der Waals surface area contributed by atoms with Crippen molar-refractivity contribution in [3.63, 3.8) is 0 Å². The van der Waals surface area contributed by atoms with Crippen molar-refractivity contribution >= 4 is 34.8 Å². The highest BCUT2D eigenvalue weighted by Crippen LogP contribution is 2.32. The minimum atomic E-state index is -0.458. The molecule has 0 saturated carbocycles. The number of hydrogen-bond donors (Lipinski definition) is 0. The maximum Gasteiger partial charge on any atom is 0.206 e. The first-order valence-electron chi connectivity index (χ1n) is 4.39. The van der Waals surface area contributed by atoms with Crippen LogP contribution in [0.2, 0.25) is 0 Å². The van der Waals surface area contributed by atoms with E-state index in [9.17, 15) is 9.59 Å². The maximum absolute atomic E-state index is 11.8. The maximum atomic E-state index is 11.8. The molecule has 0 saturated heterocycles. The second-order valence-corrected chi connectivity index (χ2v) is 3.95. The van der Waals surface area contributed by atoms with Gasteiger partial charge < -0.3 is 4.74 Å². The first-order valence-corrected chi connectivity index (χ1v) is 5.14. The lowest BCUT2D eigenvalue weighted by atomic mass is 9.94. The zero-order valence-electron chi connectivity index (χ0n) is 8.21. The fraction of sp³-hybridized carbons (Fsp3) is 0.0909. The normalized spacial score (nSPS) is 15.2. The van der Waals surface area contributed by atoms with E-state index in [-0.39, 0.29) is 21.2 Å². The van der Waals surface area contributed by atoms with Gasteiger partial charge in [-0.3, -0.25) is 9.59 Å². The van der Waals surface area contributed by atoms with Crippen LogP contribution in [0.4, 0.5) is 0 Å². The molecule has 1 aromatic rings. The third-order valence-corrected chi connectivity index (χ3v) is 3.13. The quantitative estimate of drug-likeness (QED) is 0.776. The fourth-order valence-electron chi connectivity index (χ4n) is 1.47. The second kappa shape index (κ2) is 3.92. The molecule has 0 bridgehead atoms. The summed E-state index contributed by atoms with van der Waals surface area (Å²) < 4.78 is 4.97. The summed E-state index contributed by atoms with van der Waals surface area (Å²) in [4.78, 5) is 23.5. The van der Waals surface area contributed by atoms with E-state index < -0.39 is 11.6 Å². The Kier molecular flexibility index (Phi) is 2.74. The Balaban J connectivity index is 2.67. The molecule has 0 heterocycles. The molecule has 0 unspecified atom stereocenters. The van der Waals surface area contributed by atoms with Gasteiger partial charge in [-0.2, -0.15) is 0 Å². The average molecular weight is 257 g/mol. The van der Waals surface area contributed by atoms with Crippen LogP contribution >= 0.6 is 23.2 Å². The third kappa shape index (κ3) is 1.52. The van der Waals surface area contributed by atoms with Crippen molar-refractivity contribution in [2.45, 2.75) is 0 Å². The first kappa shape index (κ1) is 11.2. The van der Waals surface area contributed by atoms with Gasteiger partial charge in [-0.25, -0.2) is 0 Å². The van der Waals surface area contributed by atoms with Crippen molar-refractivity contribution in [1.29, 1.82) is 0 Å². The zero-order valence-corrected chi connectivity index (χ0v) is 9.72. The van der Waals surface area contributed by atoms with Crippen LogP contribution in [-0.2, 0) is 0 Å². The number of benzene rings is 1. The predicted molar refractivity (Wildman–Crippen MR) is 60.4 cm³/mol. The molecule has 0 aromatic heterocycles. The molecule has 0 aliphatic heterocycles. The Morgan fingerprint density at radius 1 is 1.00 bits per heavy atom. The Bertz CT molecular complexity index is 532. The van der Waals surface area contributed by atoms with Crippen LogP contribution in [0.15, 0.2) is 28.3 Å². The largest absolute Gasteiger partial charge is 0.497 e. The van der Waals surface area contributed by atoms with Crippen molar-refractivity contribution in [1.82, 2.24) is 0 Å².